The van der Waals surface area contributed by atoms with Gasteiger partial charge in [-0.05, 0) is 35.9 Å². The van der Waals surface area contributed by atoms with Crippen LogP contribution in [0, 0.1) is 0 Å². The first-order valence-electron chi connectivity index (χ1n) is 8.78. The Morgan fingerprint density at radius 2 is 1.89 bits per heavy atom. The molecule has 0 aliphatic carbocycles. The van der Waals surface area contributed by atoms with Crippen LogP contribution in [0.1, 0.15) is 5.56 Å². The zero-order valence-electron chi connectivity index (χ0n) is 15.4. The first kappa shape index (κ1) is 19.3. The average molecular weight is 383 g/mol. The van der Waals surface area contributed by atoms with Crippen LogP contribution in [0.15, 0.2) is 54.6 Å². The number of para-hydroxylation sites is 2. The monoisotopic (exact) mass is 383 g/mol. The first-order valence-corrected chi connectivity index (χ1v) is 8.78. The fraction of sp³-hybridized carbons (Fsp3) is 0.238. The van der Waals surface area contributed by atoms with Gasteiger partial charge in [-0.2, -0.15) is 0 Å². The van der Waals surface area contributed by atoms with E-state index in [1.165, 1.54) is 6.08 Å². The minimum absolute atomic E-state index is 0.256. The van der Waals surface area contributed by atoms with E-state index < -0.39 is 11.9 Å². The molecule has 0 spiro atoms. The van der Waals surface area contributed by atoms with Crippen molar-refractivity contribution in [2.24, 2.45) is 0 Å². The van der Waals surface area contributed by atoms with Crippen molar-refractivity contribution in [1.82, 2.24) is 5.32 Å². The van der Waals surface area contributed by atoms with Crippen molar-refractivity contribution < 1.29 is 28.5 Å². The minimum atomic E-state index is -0.600. The van der Waals surface area contributed by atoms with Gasteiger partial charge in [0.1, 0.15) is 18.5 Å². The van der Waals surface area contributed by atoms with Crippen LogP contribution in [-0.4, -0.2) is 44.8 Å². The maximum absolute atomic E-state index is 11.9. The van der Waals surface area contributed by atoms with E-state index in [2.05, 4.69) is 5.32 Å². The summed E-state index contributed by atoms with van der Waals surface area (Å²) >= 11 is 0. The molecule has 1 heterocycles. The number of nitrogens with one attached hydrogen (secondary N) is 1. The van der Waals surface area contributed by atoms with Gasteiger partial charge in [0.15, 0.2) is 18.1 Å². The molecule has 0 aromatic heterocycles. The molecule has 1 aliphatic rings. The van der Waals surface area contributed by atoms with Crippen LogP contribution in [0.4, 0.5) is 0 Å². The summed E-state index contributed by atoms with van der Waals surface area (Å²) in [7, 11) is 1.58. The third-order valence-electron chi connectivity index (χ3n) is 3.97. The van der Waals surface area contributed by atoms with E-state index in [1.807, 2.05) is 18.2 Å². The Morgan fingerprint density at radius 3 is 2.64 bits per heavy atom. The topological polar surface area (TPSA) is 83.1 Å². The fourth-order valence-corrected chi connectivity index (χ4v) is 2.51. The Morgan fingerprint density at radius 1 is 1.14 bits per heavy atom. The second-order valence-corrected chi connectivity index (χ2v) is 6.02. The zero-order valence-corrected chi connectivity index (χ0v) is 15.4. The van der Waals surface area contributed by atoms with Crippen LogP contribution in [0.3, 0.4) is 0 Å². The Kier molecular flexibility index (Phi) is 6.51. The Labute approximate surface area is 162 Å². The number of carbonyl (C=O) groups is 2. The number of hydrogen-bond donors (Lipinski definition) is 1. The fourth-order valence-electron chi connectivity index (χ4n) is 2.51. The molecule has 0 bridgehead atoms. The molecule has 1 atom stereocenters. The largest absolute Gasteiger partial charge is 0.497 e. The minimum Gasteiger partial charge on any atom is -0.497 e. The van der Waals surface area contributed by atoms with Crippen LogP contribution in [0.2, 0.25) is 0 Å². The van der Waals surface area contributed by atoms with Gasteiger partial charge in [0, 0.05) is 6.08 Å². The highest BCUT2D eigenvalue weighted by atomic mass is 16.6. The molecule has 1 amide bonds. The molecule has 0 fully saturated rings. The maximum Gasteiger partial charge on any atom is 0.331 e. The van der Waals surface area contributed by atoms with Gasteiger partial charge in [-0.1, -0.05) is 24.3 Å². The highest BCUT2D eigenvalue weighted by molar-refractivity contribution is 5.89. The molecule has 2 aromatic carbocycles. The Balaban J connectivity index is 1.37. The summed E-state index contributed by atoms with van der Waals surface area (Å²) in [5.41, 5.74) is 0.817. The molecule has 3 rings (SSSR count). The van der Waals surface area contributed by atoms with Crippen molar-refractivity contribution in [3.05, 3.63) is 60.2 Å². The van der Waals surface area contributed by atoms with Crippen molar-refractivity contribution in [3.63, 3.8) is 0 Å². The molecule has 146 valence electrons. The van der Waals surface area contributed by atoms with Crippen molar-refractivity contribution in [1.29, 1.82) is 0 Å². The molecule has 2 aromatic rings. The number of hydrogen-bond acceptors (Lipinski definition) is 6. The molecular weight excluding hydrogens is 362 g/mol. The lowest BCUT2D eigenvalue weighted by atomic mass is 10.2. The van der Waals surface area contributed by atoms with Crippen LogP contribution < -0.4 is 19.5 Å². The molecular formula is C21H21NO6. The number of ether oxygens (including phenoxy) is 4. The van der Waals surface area contributed by atoms with Crippen molar-refractivity contribution in [2.75, 3.05) is 26.9 Å². The predicted octanol–water partition coefficient (Wildman–Crippen LogP) is 2.21. The summed E-state index contributed by atoms with van der Waals surface area (Å²) in [6.45, 7) is 0.226. The standard InChI is InChI=1S/C21H21NO6/c1-25-16-9-6-15(7-10-16)8-11-21(24)27-14-20(23)22-12-17-13-26-18-4-2-3-5-19(18)28-17/h2-11,17H,12-14H2,1H3,(H,22,23)/b11-8+/t17-/m1/s1. The van der Waals surface area contributed by atoms with E-state index in [0.29, 0.717) is 18.1 Å². The molecule has 0 unspecified atom stereocenters. The van der Waals surface area contributed by atoms with E-state index in [4.69, 9.17) is 18.9 Å². The summed E-state index contributed by atoms with van der Waals surface area (Å²) in [6.07, 6.45) is 2.57. The van der Waals surface area contributed by atoms with Gasteiger partial charge in [0.05, 0.1) is 13.7 Å². The van der Waals surface area contributed by atoms with Crippen molar-refractivity contribution in [2.45, 2.75) is 6.10 Å². The molecule has 7 nitrogen and oxygen atoms in total. The van der Waals surface area contributed by atoms with E-state index >= 15 is 0 Å². The van der Waals surface area contributed by atoms with Crippen LogP contribution in [0.25, 0.3) is 6.08 Å². The summed E-state index contributed by atoms with van der Waals surface area (Å²) < 4.78 is 21.3. The Hall–Kier alpha value is -3.48. The van der Waals surface area contributed by atoms with E-state index in [0.717, 1.165) is 11.3 Å². The molecule has 1 N–H and O–H groups in total. The number of benzene rings is 2. The quantitative estimate of drug-likeness (QED) is 0.583. The summed E-state index contributed by atoms with van der Waals surface area (Å²) in [6, 6.07) is 14.5. The smallest absolute Gasteiger partial charge is 0.331 e. The lowest BCUT2D eigenvalue weighted by molar-refractivity contribution is -0.143. The van der Waals surface area contributed by atoms with Crippen LogP contribution in [-0.2, 0) is 14.3 Å². The van der Waals surface area contributed by atoms with Crippen LogP contribution in [0.5, 0.6) is 17.2 Å². The highest BCUT2D eigenvalue weighted by Crippen LogP contribution is 2.30. The lowest BCUT2D eigenvalue weighted by Crippen LogP contribution is -2.42. The number of fused-ring (bicyclic) bond motifs is 1. The average Bonchev–Trinajstić information content (AvgIpc) is 2.75. The normalized spacial score (nSPS) is 15.1. The van der Waals surface area contributed by atoms with Crippen molar-refractivity contribution in [3.8, 4) is 17.2 Å². The van der Waals surface area contributed by atoms with E-state index in [-0.39, 0.29) is 19.3 Å². The SMILES string of the molecule is COc1ccc(/C=C/C(=O)OCC(=O)NC[C@@H]2COc3ccccc3O2)cc1. The predicted molar refractivity (Wildman–Crippen MR) is 102 cm³/mol. The summed E-state index contributed by atoms with van der Waals surface area (Å²) in [4.78, 5) is 23.6. The number of carbonyl (C=O) groups excluding carboxylic acids is 2. The third-order valence-corrected chi connectivity index (χ3v) is 3.97. The van der Waals surface area contributed by atoms with Crippen LogP contribution >= 0.6 is 0 Å². The molecule has 28 heavy (non-hydrogen) atoms. The molecule has 0 radical (unpaired) electrons. The molecule has 7 heteroatoms. The van der Waals surface area contributed by atoms with Gasteiger partial charge in [-0.15, -0.1) is 0 Å². The molecule has 0 saturated carbocycles. The number of methoxy groups -OCH3 is 1. The first-order chi connectivity index (χ1) is 13.6. The number of rotatable bonds is 7. The Bertz CT molecular complexity index is 846. The molecule has 0 saturated heterocycles. The maximum atomic E-state index is 11.9. The second-order valence-electron chi connectivity index (χ2n) is 6.02. The summed E-state index contributed by atoms with van der Waals surface area (Å²) in [5, 5.41) is 2.67. The van der Waals surface area contributed by atoms with Gasteiger partial charge in [0.25, 0.3) is 5.91 Å². The highest BCUT2D eigenvalue weighted by Gasteiger charge is 2.21. The summed E-state index contributed by atoms with van der Waals surface area (Å²) in [5.74, 6) is 1.05. The lowest BCUT2D eigenvalue weighted by Gasteiger charge is -2.26. The van der Waals surface area contributed by atoms with Gasteiger partial charge in [-0.3, -0.25) is 4.79 Å². The van der Waals surface area contributed by atoms with E-state index in [1.54, 1.807) is 43.5 Å². The second kappa shape index (κ2) is 9.45. The van der Waals surface area contributed by atoms with Gasteiger partial charge in [0.2, 0.25) is 0 Å². The third kappa shape index (κ3) is 5.51. The zero-order chi connectivity index (χ0) is 19.8. The number of amides is 1. The van der Waals surface area contributed by atoms with E-state index in [9.17, 15) is 9.59 Å². The van der Waals surface area contributed by atoms with Gasteiger partial charge < -0.3 is 24.3 Å². The van der Waals surface area contributed by atoms with Gasteiger partial charge >= 0.3 is 5.97 Å². The number of esters is 1. The molecule has 1 aliphatic heterocycles. The van der Waals surface area contributed by atoms with Crippen molar-refractivity contribution >= 4 is 18.0 Å². The van der Waals surface area contributed by atoms with Gasteiger partial charge in [-0.25, -0.2) is 4.79 Å².